The van der Waals surface area contributed by atoms with Gasteiger partial charge in [0.1, 0.15) is 5.70 Å². The first-order chi connectivity index (χ1) is 20.9. The fourth-order valence-electron chi connectivity index (χ4n) is 3.76. The molecule has 44 heavy (non-hydrogen) atoms. The van der Waals surface area contributed by atoms with E-state index >= 15 is 0 Å². The maximum atomic E-state index is 13.3. The molecule has 0 aliphatic heterocycles. The Labute approximate surface area is 269 Å². The summed E-state index contributed by atoms with van der Waals surface area (Å²) in [7, 11) is 0. The summed E-state index contributed by atoms with van der Waals surface area (Å²) in [5.74, 6) is -1.99. The van der Waals surface area contributed by atoms with Gasteiger partial charge in [-0.15, -0.1) is 11.8 Å². The zero-order chi connectivity index (χ0) is 31.9. The molecule has 3 amide bonds. The number of nitrogens with one attached hydrogen (secondary N) is 3. The number of carbonyl (C=O) groups excluding carboxylic acids is 3. The molecule has 0 radical (unpaired) electrons. The molecule has 0 unspecified atom stereocenters. The number of alkyl halides is 3. The van der Waals surface area contributed by atoms with Crippen LogP contribution in [-0.4, -0.2) is 23.5 Å². The molecular formula is C31H21Cl3F3N3O3S. The minimum absolute atomic E-state index is 0.0985. The van der Waals surface area contributed by atoms with Crippen LogP contribution in [0, 0.1) is 0 Å². The molecule has 4 aromatic rings. The minimum atomic E-state index is -4.69. The molecule has 0 spiro atoms. The first-order valence-electron chi connectivity index (χ1n) is 12.6. The molecule has 0 saturated carbocycles. The van der Waals surface area contributed by atoms with Crippen molar-refractivity contribution >= 4 is 81.7 Å². The molecular weight excluding hydrogens is 658 g/mol. The van der Waals surface area contributed by atoms with E-state index in [4.69, 9.17) is 34.8 Å². The van der Waals surface area contributed by atoms with E-state index < -0.39 is 35.1 Å². The Balaban J connectivity index is 1.43. The van der Waals surface area contributed by atoms with Crippen LogP contribution in [-0.2, 0) is 15.8 Å². The summed E-state index contributed by atoms with van der Waals surface area (Å²) in [6.07, 6.45) is -3.29. The van der Waals surface area contributed by atoms with Gasteiger partial charge in [0.25, 0.3) is 11.8 Å². The van der Waals surface area contributed by atoms with Crippen molar-refractivity contribution in [2.24, 2.45) is 0 Å². The lowest BCUT2D eigenvalue weighted by atomic mass is 10.1. The number of anilines is 2. The van der Waals surface area contributed by atoms with Crippen molar-refractivity contribution in [1.29, 1.82) is 0 Å². The first-order valence-corrected chi connectivity index (χ1v) is 14.8. The Bertz CT molecular complexity index is 1720. The maximum absolute atomic E-state index is 13.3. The third-order valence-electron chi connectivity index (χ3n) is 5.85. The van der Waals surface area contributed by atoms with E-state index in [1.165, 1.54) is 12.1 Å². The molecule has 6 nitrogen and oxygen atoms in total. The number of amides is 3. The monoisotopic (exact) mass is 677 g/mol. The number of halogens is 6. The maximum Gasteiger partial charge on any atom is 0.418 e. The Morgan fingerprint density at radius 3 is 2.20 bits per heavy atom. The first kappa shape index (κ1) is 32.9. The highest BCUT2D eigenvalue weighted by molar-refractivity contribution is 8.00. The third kappa shape index (κ3) is 9.03. The number of hydrogen-bond acceptors (Lipinski definition) is 4. The van der Waals surface area contributed by atoms with E-state index in [1.807, 2.05) is 0 Å². The van der Waals surface area contributed by atoms with Crippen molar-refractivity contribution in [3.8, 4) is 0 Å². The molecule has 3 N–H and O–H groups in total. The predicted molar refractivity (Wildman–Crippen MR) is 169 cm³/mol. The summed E-state index contributed by atoms with van der Waals surface area (Å²) in [6.45, 7) is 0. The van der Waals surface area contributed by atoms with Crippen LogP contribution in [0.15, 0.2) is 102 Å². The zero-order valence-electron chi connectivity index (χ0n) is 22.3. The minimum Gasteiger partial charge on any atom is -0.325 e. The molecule has 4 aromatic carbocycles. The van der Waals surface area contributed by atoms with Crippen molar-refractivity contribution in [2.75, 3.05) is 16.4 Å². The molecule has 0 aliphatic carbocycles. The molecule has 0 bridgehead atoms. The highest BCUT2D eigenvalue weighted by Gasteiger charge is 2.34. The molecule has 0 saturated heterocycles. The Kier molecular flexibility index (Phi) is 11.0. The molecule has 0 aromatic heterocycles. The number of hydrogen-bond donors (Lipinski definition) is 3. The zero-order valence-corrected chi connectivity index (χ0v) is 25.4. The number of benzene rings is 4. The second-order valence-corrected chi connectivity index (χ2v) is 11.3. The Morgan fingerprint density at radius 2 is 1.52 bits per heavy atom. The molecule has 0 fully saturated rings. The van der Waals surface area contributed by atoms with Crippen LogP contribution in [0.4, 0.5) is 24.5 Å². The second kappa shape index (κ2) is 14.7. The molecule has 0 aliphatic rings. The van der Waals surface area contributed by atoms with E-state index in [-0.39, 0.29) is 26.5 Å². The highest BCUT2D eigenvalue weighted by Crippen LogP contribution is 2.36. The van der Waals surface area contributed by atoms with Crippen LogP contribution in [0.2, 0.25) is 15.1 Å². The fraction of sp³-hybridized carbons (Fsp3) is 0.0645. The van der Waals surface area contributed by atoms with Crippen molar-refractivity contribution in [3.05, 3.63) is 128 Å². The number of carbonyl (C=O) groups is 3. The Hall–Kier alpha value is -3.96. The van der Waals surface area contributed by atoms with Gasteiger partial charge in [-0.1, -0.05) is 65.1 Å². The summed E-state index contributed by atoms with van der Waals surface area (Å²) in [4.78, 5) is 39.1. The van der Waals surface area contributed by atoms with E-state index in [0.717, 1.165) is 23.9 Å². The number of rotatable bonds is 9. The normalized spacial score (nSPS) is 11.5. The third-order valence-corrected chi connectivity index (χ3v) is 7.93. The summed E-state index contributed by atoms with van der Waals surface area (Å²) in [5.41, 5.74) is -0.430. The van der Waals surface area contributed by atoms with Crippen LogP contribution >= 0.6 is 46.6 Å². The summed E-state index contributed by atoms with van der Waals surface area (Å²) < 4.78 is 39.9. The summed E-state index contributed by atoms with van der Waals surface area (Å²) in [6, 6.07) is 22.7. The second-order valence-electron chi connectivity index (χ2n) is 9.02. The van der Waals surface area contributed by atoms with Crippen LogP contribution in [0.5, 0.6) is 0 Å². The summed E-state index contributed by atoms with van der Waals surface area (Å²) in [5, 5.41) is 7.94. The van der Waals surface area contributed by atoms with Crippen molar-refractivity contribution in [2.45, 2.75) is 11.1 Å². The lowest BCUT2D eigenvalue weighted by Gasteiger charge is -2.14. The molecule has 226 valence electrons. The topological polar surface area (TPSA) is 87.3 Å². The van der Waals surface area contributed by atoms with Crippen LogP contribution in [0.25, 0.3) is 6.08 Å². The van der Waals surface area contributed by atoms with Gasteiger partial charge in [-0.3, -0.25) is 14.4 Å². The number of thioether (sulfide) groups is 1. The molecule has 0 atom stereocenters. The van der Waals surface area contributed by atoms with E-state index in [1.54, 1.807) is 72.8 Å². The van der Waals surface area contributed by atoms with Gasteiger partial charge in [-0.25, -0.2) is 0 Å². The van der Waals surface area contributed by atoms with Gasteiger partial charge in [-0.05, 0) is 72.3 Å². The van der Waals surface area contributed by atoms with Crippen LogP contribution in [0.1, 0.15) is 21.5 Å². The van der Waals surface area contributed by atoms with E-state index in [0.29, 0.717) is 21.7 Å². The van der Waals surface area contributed by atoms with E-state index in [2.05, 4.69) is 16.0 Å². The average molecular weight is 679 g/mol. The van der Waals surface area contributed by atoms with Gasteiger partial charge >= 0.3 is 6.18 Å². The smallest absolute Gasteiger partial charge is 0.325 e. The molecule has 4 rings (SSSR count). The SMILES string of the molecule is O=C(CSc1ccc(NC(=O)/C(=C/c2cccc(Cl)c2Cl)NC(=O)c2ccccc2)cc1)Nc1ccc(Cl)cc1C(F)(F)F. The summed E-state index contributed by atoms with van der Waals surface area (Å²) >= 11 is 19.2. The van der Waals surface area contributed by atoms with Gasteiger partial charge in [0.15, 0.2) is 0 Å². The quantitative estimate of drug-likeness (QED) is 0.122. The molecule has 13 heteroatoms. The van der Waals surface area contributed by atoms with Gasteiger partial charge < -0.3 is 16.0 Å². The average Bonchev–Trinajstić information content (AvgIpc) is 2.99. The Morgan fingerprint density at radius 1 is 0.818 bits per heavy atom. The van der Waals surface area contributed by atoms with Crippen molar-refractivity contribution in [1.82, 2.24) is 5.32 Å². The van der Waals surface area contributed by atoms with Crippen molar-refractivity contribution in [3.63, 3.8) is 0 Å². The van der Waals surface area contributed by atoms with Gasteiger partial charge in [0.05, 0.1) is 27.0 Å². The largest absolute Gasteiger partial charge is 0.418 e. The van der Waals surface area contributed by atoms with Gasteiger partial charge in [0.2, 0.25) is 5.91 Å². The van der Waals surface area contributed by atoms with E-state index in [9.17, 15) is 27.6 Å². The fourth-order valence-corrected chi connectivity index (χ4v) is 4.99. The van der Waals surface area contributed by atoms with Crippen LogP contribution in [0.3, 0.4) is 0 Å². The lowest BCUT2D eigenvalue weighted by molar-refractivity contribution is -0.137. The predicted octanol–water partition coefficient (Wildman–Crippen LogP) is 8.81. The van der Waals surface area contributed by atoms with Gasteiger partial charge in [-0.2, -0.15) is 13.2 Å². The van der Waals surface area contributed by atoms with Crippen molar-refractivity contribution < 1.29 is 27.6 Å². The lowest BCUT2D eigenvalue weighted by Crippen LogP contribution is -2.30. The molecule has 0 heterocycles. The van der Waals surface area contributed by atoms with Gasteiger partial charge in [0, 0.05) is 21.2 Å². The standard InChI is InChI=1S/C31H21Cl3F3N3O3S/c32-20-9-14-25(23(16-20)31(35,36)37)39-27(41)17-44-22-12-10-21(11-13-22)38-30(43)26(15-19-7-4-8-24(33)28(19)34)40-29(42)18-5-2-1-3-6-18/h1-16H,17H2,(H,38,43)(H,39,41)(H,40,42)/b26-15-. The van der Waals surface area contributed by atoms with Crippen LogP contribution < -0.4 is 16.0 Å². The highest BCUT2D eigenvalue weighted by atomic mass is 35.5.